The molecule has 0 aromatic rings. The van der Waals surface area contributed by atoms with Crippen molar-refractivity contribution in [1.82, 2.24) is 0 Å². The summed E-state index contributed by atoms with van der Waals surface area (Å²) in [5.41, 5.74) is 0. The van der Waals surface area contributed by atoms with Gasteiger partial charge in [0.2, 0.25) is 0 Å². The van der Waals surface area contributed by atoms with E-state index in [9.17, 15) is 4.79 Å². The Labute approximate surface area is 125 Å². The Bertz CT molecular complexity index is 204. The predicted octanol–water partition coefficient (Wildman–Crippen LogP) is 4.61. The molecule has 0 aliphatic rings. The maximum atomic E-state index is 10.7. The molecule has 0 unspecified atom stereocenters. The summed E-state index contributed by atoms with van der Waals surface area (Å²) in [5.74, 6) is -0.510. The van der Waals surface area contributed by atoms with E-state index in [1.54, 1.807) is 0 Å². The second-order valence-corrected chi connectivity index (χ2v) is 5.62. The Morgan fingerprint density at radius 2 is 1.15 bits per heavy atom. The maximum absolute atomic E-state index is 10.7. The Morgan fingerprint density at radius 1 is 0.750 bits per heavy atom. The summed E-state index contributed by atoms with van der Waals surface area (Å²) in [6, 6.07) is 0. The van der Waals surface area contributed by atoms with Gasteiger partial charge in [-0.3, -0.25) is 0 Å². The number of carbonyl (C=O) groups is 1. The molecule has 0 bridgehead atoms. The van der Waals surface area contributed by atoms with Crippen LogP contribution in [0.5, 0.6) is 0 Å². The summed E-state index contributed by atoms with van der Waals surface area (Å²) in [5, 5.41) is 8.46. The van der Waals surface area contributed by atoms with Crippen LogP contribution in [0.4, 0.5) is 0 Å². The van der Waals surface area contributed by atoms with Gasteiger partial charge in [-0.25, -0.2) is 4.79 Å². The molecule has 0 aromatic heterocycles. The van der Waals surface area contributed by atoms with Crippen molar-refractivity contribution in [3.63, 3.8) is 0 Å². The molecule has 0 rings (SSSR count). The molecule has 0 spiro atoms. The standard InChI is InChI=1S/C17H34O3/c1-2-3-4-5-6-7-8-9-10-11-12-13-14-15-20-17(19)16-18/h18H,2-16H2,1H3. The Morgan fingerprint density at radius 3 is 1.55 bits per heavy atom. The normalized spacial score (nSPS) is 10.7. The number of aliphatic hydroxyl groups excluding tert-OH is 1. The van der Waals surface area contributed by atoms with Crippen LogP contribution < -0.4 is 0 Å². The largest absolute Gasteiger partial charge is 0.464 e. The van der Waals surface area contributed by atoms with E-state index in [4.69, 9.17) is 9.84 Å². The fourth-order valence-corrected chi connectivity index (χ4v) is 2.35. The fourth-order valence-electron chi connectivity index (χ4n) is 2.35. The molecule has 0 aliphatic carbocycles. The highest BCUT2D eigenvalue weighted by atomic mass is 16.5. The molecule has 20 heavy (non-hydrogen) atoms. The van der Waals surface area contributed by atoms with E-state index in [2.05, 4.69) is 6.92 Å². The van der Waals surface area contributed by atoms with Gasteiger partial charge in [-0.2, -0.15) is 0 Å². The van der Waals surface area contributed by atoms with Crippen molar-refractivity contribution in [2.75, 3.05) is 13.2 Å². The molecule has 0 fully saturated rings. The monoisotopic (exact) mass is 286 g/mol. The van der Waals surface area contributed by atoms with Gasteiger partial charge in [0.1, 0.15) is 6.61 Å². The second kappa shape index (κ2) is 16.5. The minimum Gasteiger partial charge on any atom is -0.464 e. The lowest BCUT2D eigenvalue weighted by atomic mass is 10.0. The number of aliphatic hydroxyl groups is 1. The van der Waals surface area contributed by atoms with Crippen LogP contribution in [0.25, 0.3) is 0 Å². The molecule has 0 radical (unpaired) electrons. The first-order valence-corrected chi connectivity index (χ1v) is 8.57. The average Bonchev–Trinajstić information content (AvgIpc) is 2.47. The number of unbranched alkanes of at least 4 members (excludes halogenated alkanes) is 12. The third-order valence-corrected chi connectivity index (χ3v) is 3.64. The van der Waals surface area contributed by atoms with Crippen molar-refractivity contribution in [3.05, 3.63) is 0 Å². The summed E-state index contributed by atoms with van der Waals surface area (Å²) in [6.07, 6.45) is 17.0. The number of carbonyl (C=O) groups excluding carboxylic acids is 1. The van der Waals surface area contributed by atoms with E-state index in [0.717, 1.165) is 12.8 Å². The topological polar surface area (TPSA) is 46.5 Å². The van der Waals surface area contributed by atoms with E-state index in [1.807, 2.05) is 0 Å². The van der Waals surface area contributed by atoms with Crippen molar-refractivity contribution < 1.29 is 14.6 Å². The zero-order chi connectivity index (χ0) is 14.9. The highest BCUT2D eigenvalue weighted by molar-refractivity contribution is 5.70. The van der Waals surface area contributed by atoms with Gasteiger partial charge in [-0.05, 0) is 6.42 Å². The van der Waals surface area contributed by atoms with E-state index in [-0.39, 0.29) is 0 Å². The van der Waals surface area contributed by atoms with Crippen molar-refractivity contribution in [3.8, 4) is 0 Å². The van der Waals surface area contributed by atoms with Crippen molar-refractivity contribution in [1.29, 1.82) is 0 Å². The third-order valence-electron chi connectivity index (χ3n) is 3.64. The summed E-state index contributed by atoms with van der Waals surface area (Å²) < 4.78 is 4.80. The number of ether oxygens (including phenoxy) is 1. The minimum absolute atomic E-state index is 0.456. The molecule has 3 heteroatoms. The van der Waals surface area contributed by atoms with Crippen LogP contribution in [-0.2, 0) is 9.53 Å². The molecule has 0 atom stereocenters. The van der Waals surface area contributed by atoms with E-state index >= 15 is 0 Å². The van der Waals surface area contributed by atoms with Crippen LogP contribution in [0.2, 0.25) is 0 Å². The Hall–Kier alpha value is -0.570. The van der Waals surface area contributed by atoms with Crippen LogP contribution in [-0.4, -0.2) is 24.3 Å². The van der Waals surface area contributed by atoms with Crippen LogP contribution >= 0.6 is 0 Å². The van der Waals surface area contributed by atoms with Crippen molar-refractivity contribution >= 4 is 5.97 Å². The van der Waals surface area contributed by atoms with E-state index in [0.29, 0.717) is 6.61 Å². The quantitative estimate of drug-likeness (QED) is 0.353. The van der Waals surface area contributed by atoms with Gasteiger partial charge < -0.3 is 9.84 Å². The second-order valence-electron chi connectivity index (χ2n) is 5.62. The van der Waals surface area contributed by atoms with Gasteiger partial charge in [-0.1, -0.05) is 84.0 Å². The molecule has 0 heterocycles. The van der Waals surface area contributed by atoms with Gasteiger partial charge in [0.15, 0.2) is 0 Å². The number of esters is 1. The van der Waals surface area contributed by atoms with Crippen molar-refractivity contribution in [2.24, 2.45) is 0 Å². The molecule has 0 amide bonds. The third kappa shape index (κ3) is 15.5. The van der Waals surface area contributed by atoms with Gasteiger partial charge in [0.25, 0.3) is 0 Å². The lowest BCUT2D eigenvalue weighted by molar-refractivity contribution is -0.147. The lowest BCUT2D eigenvalue weighted by Gasteiger charge is -2.04. The summed E-state index contributed by atoms with van der Waals surface area (Å²) in [4.78, 5) is 10.7. The first kappa shape index (κ1) is 19.4. The first-order valence-electron chi connectivity index (χ1n) is 8.57. The van der Waals surface area contributed by atoms with Crippen LogP contribution in [0.15, 0.2) is 0 Å². The summed E-state index contributed by atoms with van der Waals surface area (Å²) in [7, 11) is 0. The number of hydrogen-bond donors (Lipinski definition) is 1. The number of hydrogen-bond acceptors (Lipinski definition) is 3. The number of rotatable bonds is 15. The van der Waals surface area contributed by atoms with Gasteiger partial charge in [0, 0.05) is 0 Å². The molecule has 0 aliphatic heterocycles. The molecule has 0 saturated carbocycles. The molecule has 120 valence electrons. The molecule has 0 aromatic carbocycles. The molecule has 0 saturated heterocycles. The highest BCUT2D eigenvalue weighted by Gasteiger charge is 1.98. The molecular weight excluding hydrogens is 252 g/mol. The SMILES string of the molecule is CCCCCCCCCCCCCCCOC(=O)CO. The highest BCUT2D eigenvalue weighted by Crippen LogP contribution is 2.12. The van der Waals surface area contributed by atoms with Crippen LogP contribution in [0.1, 0.15) is 90.4 Å². The summed E-state index contributed by atoms with van der Waals surface area (Å²) in [6.45, 7) is 2.21. The Kier molecular flexibility index (Phi) is 16.0. The van der Waals surface area contributed by atoms with Gasteiger partial charge in [-0.15, -0.1) is 0 Å². The first-order chi connectivity index (χ1) is 9.81. The predicted molar refractivity (Wildman–Crippen MR) is 83.7 cm³/mol. The van der Waals surface area contributed by atoms with Gasteiger partial charge >= 0.3 is 5.97 Å². The Balaban J connectivity index is 2.97. The summed E-state index contributed by atoms with van der Waals surface area (Å²) >= 11 is 0. The van der Waals surface area contributed by atoms with E-state index < -0.39 is 12.6 Å². The molecule has 3 nitrogen and oxygen atoms in total. The maximum Gasteiger partial charge on any atom is 0.331 e. The zero-order valence-corrected chi connectivity index (χ0v) is 13.4. The minimum atomic E-state index is -0.510. The van der Waals surface area contributed by atoms with Gasteiger partial charge in [0.05, 0.1) is 6.61 Å². The van der Waals surface area contributed by atoms with Crippen LogP contribution in [0, 0.1) is 0 Å². The molecule has 1 N–H and O–H groups in total. The smallest absolute Gasteiger partial charge is 0.331 e. The fraction of sp³-hybridized carbons (Fsp3) is 0.941. The molecular formula is C17H34O3. The van der Waals surface area contributed by atoms with Crippen molar-refractivity contribution in [2.45, 2.75) is 90.4 Å². The van der Waals surface area contributed by atoms with E-state index in [1.165, 1.54) is 70.6 Å². The average molecular weight is 286 g/mol. The lowest BCUT2D eigenvalue weighted by Crippen LogP contribution is -2.09. The zero-order valence-electron chi connectivity index (χ0n) is 13.4. The van der Waals surface area contributed by atoms with Crippen LogP contribution in [0.3, 0.4) is 0 Å².